The van der Waals surface area contributed by atoms with Crippen molar-refractivity contribution >= 4 is 16.8 Å². The van der Waals surface area contributed by atoms with Gasteiger partial charge in [0, 0.05) is 16.8 Å². The van der Waals surface area contributed by atoms with E-state index >= 15 is 0 Å². The summed E-state index contributed by atoms with van der Waals surface area (Å²) >= 11 is 0. The van der Waals surface area contributed by atoms with Crippen LogP contribution in [-0.4, -0.2) is 25.2 Å². The minimum Gasteiger partial charge on any atom is -0.345 e. The predicted octanol–water partition coefficient (Wildman–Crippen LogP) is 3.73. The molecule has 5 aromatic rings. The van der Waals surface area contributed by atoms with Crippen LogP contribution in [0.4, 0.5) is 0 Å². The highest BCUT2D eigenvalue weighted by molar-refractivity contribution is 5.97. The largest absolute Gasteiger partial charge is 0.345 e. The van der Waals surface area contributed by atoms with Crippen molar-refractivity contribution in [3.63, 3.8) is 0 Å². The number of carbonyl (C=O) groups excluding carboxylic acids is 1. The van der Waals surface area contributed by atoms with E-state index in [-0.39, 0.29) is 11.9 Å². The van der Waals surface area contributed by atoms with Gasteiger partial charge in [-0.3, -0.25) is 14.3 Å². The fourth-order valence-corrected chi connectivity index (χ4v) is 5.07. The molecule has 0 saturated heterocycles. The Kier molecular flexibility index (Phi) is 5.76. The number of aromatic nitrogens is 4. The van der Waals surface area contributed by atoms with Crippen molar-refractivity contribution in [2.45, 2.75) is 31.8 Å². The Bertz CT molecular complexity index is 1720. The van der Waals surface area contributed by atoms with Crippen LogP contribution in [-0.2, 0) is 13.0 Å². The second kappa shape index (κ2) is 9.39. The Labute approximate surface area is 212 Å². The fourth-order valence-electron chi connectivity index (χ4n) is 5.07. The third kappa shape index (κ3) is 4.27. The Morgan fingerprint density at radius 1 is 1.00 bits per heavy atom. The summed E-state index contributed by atoms with van der Waals surface area (Å²) in [5, 5.41) is 8.07. The summed E-state index contributed by atoms with van der Waals surface area (Å²) in [6.07, 6.45) is 4.54. The van der Waals surface area contributed by atoms with Gasteiger partial charge in [-0.25, -0.2) is 9.36 Å². The van der Waals surface area contributed by atoms with Crippen LogP contribution >= 0.6 is 0 Å². The number of aromatic amines is 1. The standard InChI is InChI=1S/C29H25N5O3/c35-27(31-24-12-7-13-26-23(24)17-30-33(26)18-19-8-3-1-4-9-19)20-14-15-22-25(16-20)32-29(37)34(28(22)36)21-10-5-2-6-11-21/h1-6,8-11,14-17,24H,7,12-13,18H2,(H,31,35)(H,32,37). The van der Waals surface area contributed by atoms with Gasteiger partial charge < -0.3 is 10.3 Å². The number of H-pyrrole nitrogens is 1. The van der Waals surface area contributed by atoms with Crippen molar-refractivity contribution in [1.82, 2.24) is 24.6 Å². The van der Waals surface area contributed by atoms with E-state index in [1.807, 2.05) is 35.1 Å². The Balaban J connectivity index is 1.26. The number of hydrogen-bond acceptors (Lipinski definition) is 4. The van der Waals surface area contributed by atoms with Gasteiger partial charge in [0.05, 0.1) is 35.4 Å². The van der Waals surface area contributed by atoms with Gasteiger partial charge in [0.15, 0.2) is 0 Å². The normalized spacial score (nSPS) is 14.9. The Hall–Kier alpha value is -4.72. The molecule has 1 aliphatic rings. The molecule has 0 bridgehead atoms. The van der Waals surface area contributed by atoms with E-state index < -0.39 is 11.2 Å². The van der Waals surface area contributed by atoms with Gasteiger partial charge in [-0.1, -0.05) is 48.5 Å². The van der Waals surface area contributed by atoms with E-state index in [4.69, 9.17) is 0 Å². The third-order valence-corrected chi connectivity index (χ3v) is 6.92. The van der Waals surface area contributed by atoms with E-state index in [1.54, 1.807) is 42.5 Å². The summed E-state index contributed by atoms with van der Waals surface area (Å²) in [6, 6.07) is 23.5. The zero-order valence-electron chi connectivity index (χ0n) is 20.1. The van der Waals surface area contributed by atoms with Crippen LogP contribution < -0.4 is 16.6 Å². The molecular weight excluding hydrogens is 466 g/mol. The highest BCUT2D eigenvalue weighted by Gasteiger charge is 2.26. The topological polar surface area (TPSA) is 102 Å². The van der Waals surface area contributed by atoms with Crippen molar-refractivity contribution in [2.75, 3.05) is 0 Å². The average molecular weight is 492 g/mol. The SMILES string of the molecule is O=C(NC1CCCc2c1cnn2Cc1ccccc1)c1ccc2c(=O)n(-c3ccccc3)c(=O)[nH]c2c1. The van der Waals surface area contributed by atoms with Crippen LogP contribution in [0.1, 0.15) is 46.1 Å². The molecule has 37 heavy (non-hydrogen) atoms. The number of benzene rings is 3. The molecule has 2 aromatic heterocycles. The van der Waals surface area contributed by atoms with Crippen LogP contribution in [0, 0.1) is 0 Å². The van der Waals surface area contributed by atoms with E-state index in [0.29, 0.717) is 28.7 Å². The molecule has 8 heteroatoms. The molecule has 1 aliphatic carbocycles. The van der Waals surface area contributed by atoms with Gasteiger partial charge in [0.1, 0.15) is 0 Å². The van der Waals surface area contributed by atoms with Crippen molar-refractivity contribution in [2.24, 2.45) is 0 Å². The fraction of sp³-hybridized carbons (Fsp3) is 0.172. The third-order valence-electron chi connectivity index (χ3n) is 6.92. The number of nitrogens with one attached hydrogen (secondary N) is 2. The molecule has 1 unspecified atom stereocenters. The van der Waals surface area contributed by atoms with Gasteiger partial charge in [-0.15, -0.1) is 0 Å². The van der Waals surface area contributed by atoms with Crippen LogP contribution in [0.25, 0.3) is 16.6 Å². The molecule has 0 spiro atoms. The Morgan fingerprint density at radius 2 is 1.76 bits per heavy atom. The first kappa shape index (κ1) is 22.7. The lowest BCUT2D eigenvalue weighted by atomic mass is 9.92. The number of amides is 1. The number of fused-ring (bicyclic) bond motifs is 2. The van der Waals surface area contributed by atoms with E-state index in [2.05, 4.69) is 27.5 Å². The maximum Gasteiger partial charge on any atom is 0.333 e. The first-order chi connectivity index (χ1) is 18.1. The molecule has 0 aliphatic heterocycles. The molecule has 0 fully saturated rings. The highest BCUT2D eigenvalue weighted by Crippen LogP contribution is 2.30. The summed E-state index contributed by atoms with van der Waals surface area (Å²) in [5.41, 5.74) is 3.57. The minimum atomic E-state index is -0.552. The van der Waals surface area contributed by atoms with Gasteiger partial charge in [0.25, 0.3) is 11.5 Å². The molecule has 0 saturated carbocycles. The number of rotatable bonds is 5. The first-order valence-electron chi connectivity index (χ1n) is 12.3. The Morgan fingerprint density at radius 3 is 2.54 bits per heavy atom. The monoisotopic (exact) mass is 491 g/mol. The summed E-state index contributed by atoms with van der Waals surface area (Å²) in [4.78, 5) is 41.7. The lowest BCUT2D eigenvalue weighted by Crippen LogP contribution is -2.34. The van der Waals surface area contributed by atoms with E-state index in [0.717, 1.165) is 35.1 Å². The van der Waals surface area contributed by atoms with Crippen LogP contribution in [0.5, 0.6) is 0 Å². The second-order valence-electron chi connectivity index (χ2n) is 9.27. The maximum atomic E-state index is 13.2. The molecule has 2 heterocycles. The summed E-state index contributed by atoms with van der Waals surface area (Å²) < 4.78 is 3.11. The molecule has 1 amide bonds. The quantitative estimate of drug-likeness (QED) is 0.391. The van der Waals surface area contributed by atoms with Crippen molar-refractivity contribution in [3.8, 4) is 5.69 Å². The summed E-state index contributed by atoms with van der Waals surface area (Å²) in [6.45, 7) is 0.690. The smallest absolute Gasteiger partial charge is 0.333 e. The van der Waals surface area contributed by atoms with E-state index in [1.165, 1.54) is 5.56 Å². The van der Waals surface area contributed by atoms with E-state index in [9.17, 15) is 14.4 Å². The van der Waals surface area contributed by atoms with Crippen LogP contribution in [0.3, 0.4) is 0 Å². The number of carbonyl (C=O) groups is 1. The molecule has 6 rings (SSSR count). The molecule has 2 N–H and O–H groups in total. The molecule has 184 valence electrons. The van der Waals surface area contributed by atoms with Crippen LogP contribution in [0.15, 0.2) is 94.6 Å². The van der Waals surface area contributed by atoms with Gasteiger partial charge in [0.2, 0.25) is 0 Å². The first-order valence-corrected chi connectivity index (χ1v) is 12.3. The summed E-state index contributed by atoms with van der Waals surface area (Å²) in [5.74, 6) is -0.261. The number of nitrogens with zero attached hydrogens (tertiary/aromatic N) is 3. The highest BCUT2D eigenvalue weighted by atomic mass is 16.2. The number of para-hydroxylation sites is 1. The molecule has 0 radical (unpaired) electrons. The molecule has 3 aromatic carbocycles. The predicted molar refractivity (Wildman–Crippen MR) is 141 cm³/mol. The maximum absolute atomic E-state index is 13.2. The molecular formula is C29H25N5O3. The van der Waals surface area contributed by atoms with Crippen molar-refractivity contribution < 1.29 is 4.79 Å². The minimum absolute atomic E-state index is 0.151. The lowest BCUT2D eigenvalue weighted by molar-refractivity contribution is 0.0932. The van der Waals surface area contributed by atoms with Crippen molar-refractivity contribution in [1.29, 1.82) is 0 Å². The van der Waals surface area contributed by atoms with Crippen LogP contribution in [0.2, 0.25) is 0 Å². The van der Waals surface area contributed by atoms with Gasteiger partial charge in [-0.2, -0.15) is 5.10 Å². The van der Waals surface area contributed by atoms with Crippen molar-refractivity contribution in [3.05, 3.63) is 128 Å². The van der Waals surface area contributed by atoms with Gasteiger partial charge in [-0.05, 0) is 55.2 Å². The zero-order valence-corrected chi connectivity index (χ0v) is 20.1. The summed E-state index contributed by atoms with van der Waals surface area (Å²) in [7, 11) is 0. The number of hydrogen-bond donors (Lipinski definition) is 2. The van der Waals surface area contributed by atoms with Gasteiger partial charge >= 0.3 is 5.69 Å². The zero-order chi connectivity index (χ0) is 25.4. The average Bonchev–Trinajstić information content (AvgIpc) is 3.33. The lowest BCUT2D eigenvalue weighted by Gasteiger charge is -2.24. The second-order valence-corrected chi connectivity index (χ2v) is 9.27. The molecule has 8 nitrogen and oxygen atoms in total. The molecule has 1 atom stereocenters.